The maximum Gasteiger partial charge on any atom is 0.162 e. The minimum atomic E-state index is -0.846. The maximum absolute atomic E-state index is 14.4. The molecule has 0 amide bonds. The molecule has 1 saturated heterocycles. The molecule has 0 aliphatic carbocycles. The molecule has 3 rings (SSSR count). The molecule has 1 aliphatic rings. The van der Waals surface area contributed by atoms with Crippen molar-refractivity contribution in [2.45, 2.75) is 31.7 Å². The van der Waals surface area contributed by atoms with Crippen molar-refractivity contribution in [2.24, 2.45) is 5.92 Å². The molecule has 0 aromatic heterocycles. The van der Waals surface area contributed by atoms with Crippen LogP contribution in [0.1, 0.15) is 36.8 Å². The van der Waals surface area contributed by atoms with Crippen molar-refractivity contribution in [3.63, 3.8) is 0 Å². The van der Waals surface area contributed by atoms with Crippen molar-refractivity contribution in [2.75, 3.05) is 6.54 Å². The molecule has 0 bridgehead atoms. The molecule has 2 aromatic rings. The van der Waals surface area contributed by atoms with Gasteiger partial charge in [-0.1, -0.05) is 31.2 Å². The molecule has 1 aliphatic heterocycles. The van der Waals surface area contributed by atoms with Gasteiger partial charge in [0, 0.05) is 12.0 Å². The zero-order chi connectivity index (χ0) is 16.4. The van der Waals surface area contributed by atoms with E-state index in [0.717, 1.165) is 31.0 Å². The van der Waals surface area contributed by atoms with Crippen LogP contribution in [0.3, 0.4) is 0 Å². The molecule has 4 heteroatoms. The van der Waals surface area contributed by atoms with Crippen molar-refractivity contribution in [1.29, 1.82) is 0 Å². The summed E-state index contributed by atoms with van der Waals surface area (Å²) in [5, 5.41) is 3.43. The first-order valence-corrected chi connectivity index (χ1v) is 8.00. The Kier molecular flexibility index (Phi) is 4.71. The van der Waals surface area contributed by atoms with Gasteiger partial charge in [-0.05, 0) is 54.6 Å². The zero-order valence-electron chi connectivity index (χ0n) is 13.0. The van der Waals surface area contributed by atoms with Gasteiger partial charge in [0.25, 0.3) is 0 Å². The highest BCUT2D eigenvalue weighted by Gasteiger charge is 2.32. The molecule has 0 radical (unpaired) electrons. The molecule has 0 unspecified atom stereocenters. The SMILES string of the molecule is C[C@H]([C@H](c1ccc(F)cc1)c1cccc(F)c1F)[C@H]1CCCN1. The van der Waals surface area contributed by atoms with E-state index in [4.69, 9.17) is 0 Å². The van der Waals surface area contributed by atoms with Crippen molar-refractivity contribution >= 4 is 0 Å². The first-order valence-electron chi connectivity index (χ1n) is 8.00. The van der Waals surface area contributed by atoms with Gasteiger partial charge in [-0.2, -0.15) is 0 Å². The summed E-state index contributed by atoms with van der Waals surface area (Å²) in [6.45, 7) is 2.98. The van der Waals surface area contributed by atoms with Crippen LogP contribution in [0.2, 0.25) is 0 Å². The number of nitrogens with one attached hydrogen (secondary N) is 1. The van der Waals surface area contributed by atoms with Gasteiger partial charge in [0.1, 0.15) is 5.82 Å². The molecule has 1 fully saturated rings. The molecule has 1 heterocycles. The van der Waals surface area contributed by atoms with Crippen molar-refractivity contribution in [3.05, 3.63) is 71.0 Å². The summed E-state index contributed by atoms with van der Waals surface area (Å²) >= 11 is 0. The molecule has 0 spiro atoms. The third kappa shape index (κ3) is 3.27. The lowest BCUT2D eigenvalue weighted by atomic mass is 9.77. The van der Waals surface area contributed by atoms with Gasteiger partial charge in [0.2, 0.25) is 0 Å². The van der Waals surface area contributed by atoms with Gasteiger partial charge in [-0.3, -0.25) is 0 Å². The van der Waals surface area contributed by atoms with E-state index in [1.807, 2.05) is 6.92 Å². The fourth-order valence-corrected chi connectivity index (χ4v) is 3.59. The van der Waals surface area contributed by atoms with Crippen LogP contribution in [0.5, 0.6) is 0 Å². The third-order valence-corrected chi connectivity index (χ3v) is 4.80. The van der Waals surface area contributed by atoms with Gasteiger partial charge in [-0.15, -0.1) is 0 Å². The first-order chi connectivity index (χ1) is 11.1. The summed E-state index contributed by atoms with van der Waals surface area (Å²) in [4.78, 5) is 0. The molecular weight excluding hydrogens is 299 g/mol. The minimum Gasteiger partial charge on any atom is -0.314 e. The van der Waals surface area contributed by atoms with E-state index in [0.29, 0.717) is 5.56 Å². The number of hydrogen-bond acceptors (Lipinski definition) is 1. The summed E-state index contributed by atoms with van der Waals surface area (Å²) in [6, 6.07) is 10.6. The fraction of sp³-hybridized carbons (Fsp3) is 0.368. The minimum absolute atomic E-state index is 0.0688. The molecule has 122 valence electrons. The Hall–Kier alpha value is -1.81. The molecule has 2 aromatic carbocycles. The van der Waals surface area contributed by atoms with Gasteiger partial charge in [-0.25, -0.2) is 13.2 Å². The lowest BCUT2D eigenvalue weighted by molar-refractivity contribution is 0.370. The van der Waals surface area contributed by atoms with Crippen LogP contribution in [0.4, 0.5) is 13.2 Å². The largest absolute Gasteiger partial charge is 0.314 e. The number of benzene rings is 2. The van der Waals surface area contributed by atoms with Gasteiger partial charge in [0.05, 0.1) is 0 Å². The van der Waals surface area contributed by atoms with E-state index in [9.17, 15) is 13.2 Å². The first kappa shape index (κ1) is 16.1. The standard InChI is InChI=1S/C19H20F3N/c1-12(17-6-3-11-23-17)18(13-7-9-14(20)10-8-13)15-4-2-5-16(21)19(15)22/h2,4-5,7-10,12,17-18,23H,3,6,11H2,1H3/t12-,17+,18+/m0/s1. The van der Waals surface area contributed by atoms with E-state index >= 15 is 0 Å². The summed E-state index contributed by atoms with van der Waals surface area (Å²) in [5.41, 5.74) is 1.13. The second-order valence-corrected chi connectivity index (χ2v) is 6.23. The smallest absolute Gasteiger partial charge is 0.162 e. The summed E-state index contributed by atoms with van der Waals surface area (Å²) in [7, 11) is 0. The van der Waals surface area contributed by atoms with Crippen molar-refractivity contribution in [1.82, 2.24) is 5.32 Å². The predicted octanol–water partition coefficient (Wildman–Crippen LogP) is 4.62. The Morgan fingerprint density at radius 2 is 1.78 bits per heavy atom. The molecule has 3 atom stereocenters. The quantitative estimate of drug-likeness (QED) is 0.867. The summed E-state index contributed by atoms with van der Waals surface area (Å²) < 4.78 is 41.4. The number of hydrogen-bond donors (Lipinski definition) is 1. The summed E-state index contributed by atoms with van der Waals surface area (Å²) in [6.07, 6.45) is 2.09. The van der Waals surface area contributed by atoms with Crippen LogP contribution < -0.4 is 5.32 Å². The highest BCUT2D eigenvalue weighted by atomic mass is 19.2. The Labute approximate surface area is 134 Å². The maximum atomic E-state index is 14.4. The van der Waals surface area contributed by atoms with E-state index in [1.54, 1.807) is 18.2 Å². The second kappa shape index (κ2) is 6.75. The van der Waals surface area contributed by atoms with Gasteiger partial charge in [0.15, 0.2) is 11.6 Å². The van der Waals surface area contributed by atoms with E-state index in [2.05, 4.69) is 5.32 Å². The lowest BCUT2D eigenvalue weighted by Crippen LogP contribution is -2.33. The Bertz CT molecular complexity index is 663. The highest BCUT2D eigenvalue weighted by molar-refractivity contribution is 5.35. The predicted molar refractivity (Wildman–Crippen MR) is 84.8 cm³/mol. The van der Waals surface area contributed by atoms with Gasteiger partial charge < -0.3 is 5.32 Å². The molecule has 0 saturated carbocycles. The normalized spacial score (nSPS) is 20.4. The number of rotatable bonds is 4. The Balaban J connectivity index is 2.05. The van der Waals surface area contributed by atoms with Crippen LogP contribution in [0.15, 0.2) is 42.5 Å². The average Bonchev–Trinajstić information content (AvgIpc) is 3.08. The molecule has 23 heavy (non-hydrogen) atoms. The van der Waals surface area contributed by atoms with Crippen LogP contribution >= 0.6 is 0 Å². The van der Waals surface area contributed by atoms with E-state index in [-0.39, 0.29) is 23.7 Å². The van der Waals surface area contributed by atoms with E-state index in [1.165, 1.54) is 18.2 Å². The zero-order valence-corrected chi connectivity index (χ0v) is 13.0. The van der Waals surface area contributed by atoms with E-state index < -0.39 is 11.6 Å². The summed E-state index contributed by atoms with van der Waals surface area (Å²) in [5.74, 6) is -2.24. The molecule has 1 N–H and O–H groups in total. The topological polar surface area (TPSA) is 12.0 Å². The number of halogens is 3. The van der Waals surface area contributed by atoms with Crippen molar-refractivity contribution in [3.8, 4) is 0 Å². The monoisotopic (exact) mass is 319 g/mol. The Morgan fingerprint density at radius 3 is 2.43 bits per heavy atom. The Morgan fingerprint density at radius 1 is 1.04 bits per heavy atom. The van der Waals surface area contributed by atoms with Crippen LogP contribution in [-0.4, -0.2) is 12.6 Å². The second-order valence-electron chi connectivity index (χ2n) is 6.23. The van der Waals surface area contributed by atoms with Gasteiger partial charge >= 0.3 is 0 Å². The average molecular weight is 319 g/mol. The van der Waals surface area contributed by atoms with Crippen molar-refractivity contribution < 1.29 is 13.2 Å². The highest BCUT2D eigenvalue weighted by Crippen LogP contribution is 2.37. The third-order valence-electron chi connectivity index (χ3n) is 4.80. The van der Waals surface area contributed by atoms with Crippen LogP contribution in [0, 0.1) is 23.4 Å². The lowest BCUT2D eigenvalue weighted by Gasteiger charge is -2.30. The molecule has 1 nitrogen and oxygen atoms in total. The van der Waals surface area contributed by atoms with Crippen LogP contribution in [-0.2, 0) is 0 Å². The fourth-order valence-electron chi connectivity index (χ4n) is 3.59. The van der Waals surface area contributed by atoms with Crippen LogP contribution in [0.25, 0.3) is 0 Å². The molecular formula is C19H20F3N.